The average molecular weight is 321 g/mol. The van der Waals surface area contributed by atoms with E-state index in [4.69, 9.17) is 0 Å². The summed E-state index contributed by atoms with van der Waals surface area (Å²) in [5.74, 6) is -0.863. The largest absolute Gasteiger partial charge is 0.386 e. The number of benzene rings is 1. The molecular weight excluding hydrogens is 305 g/mol. The molecule has 0 spiro atoms. The third-order valence-electron chi connectivity index (χ3n) is 2.85. The second-order valence-electron chi connectivity index (χ2n) is 4.45. The van der Waals surface area contributed by atoms with Crippen molar-refractivity contribution in [3.63, 3.8) is 0 Å². The SMILES string of the molecule is C=CCNc1ncc(C(=O)NCC(O)c2ccccc2F)s1. The number of aromatic nitrogens is 1. The molecule has 22 heavy (non-hydrogen) atoms. The number of nitrogens with zero attached hydrogens (tertiary/aromatic N) is 1. The lowest BCUT2D eigenvalue weighted by molar-refractivity contribution is 0.0918. The first-order valence-corrected chi connectivity index (χ1v) is 7.44. The number of hydrogen-bond acceptors (Lipinski definition) is 5. The Hall–Kier alpha value is -2.25. The zero-order valence-electron chi connectivity index (χ0n) is 11.8. The molecular formula is C15H16FN3O2S. The summed E-state index contributed by atoms with van der Waals surface area (Å²) in [6.07, 6.45) is 2.03. The van der Waals surface area contributed by atoms with Crippen LogP contribution in [0.1, 0.15) is 21.3 Å². The van der Waals surface area contributed by atoms with E-state index in [-0.39, 0.29) is 18.0 Å². The van der Waals surface area contributed by atoms with Crippen LogP contribution in [-0.4, -0.2) is 29.1 Å². The molecule has 1 amide bonds. The first kappa shape index (κ1) is 16.1. The molecule has 0 radical (unpaired) electrons. The number of rotatable bonds is 7. The van der Waals surface area contributed by atoms with E-state index in [2.05, 4.69) is 22.2 Å². The smallest absolute Gasteiger partial charge is 0.263 e. The van der Waals surface area contributed by atoms with Crippen LogP contribution in [0.25, 0.3) is 0 Å². The van der Waals surface area contributed by atoms with E-state index in [9.17, 15) is 14.3 Å². The summed E-state index contributed by atoms with van der Waals surface area (Å²) in [5, 5.41) is 16.1. The van der Waals surface area contributed by atoms with Crippen LogP contribution in [0.5, 0.6) is 0 Å². The van der Waals surface area contributed by atoms with Gasteiger partial charge in [-0.05, 0) is 6.07 Å². The highest BCUT2D eigenvalue weighted by Crippen LogP contribution is 2.19. The van der Waals surface area contributed by atoms with Crippen LogP contribution in [0.4, 0.5) is 9.52 Å². The molecule has 2 aromatic rings. The third-order valence-corrected chi connectivity index (χ3v) is 3.80. The molecule has 2 rings (SSSR count). The van der Waals surface area contributed by atoms with E-state index >= 15 is 0 Å². The number of halogens is 1. The second kappa shape index (κ2) is 7.67. The predicted octanol–water partition coefficient (Wildman–Crippen LogP) is 2.34. The van der Waals surface area contributed by atoms with Gasteiger partial charge in [0, 0.05) is 18.7 Å². The third kappa shape index (κ3) is 4.12. The lowest BCUT2D eigenvalue weighted by Gasteiger charge is -2.12. The molecule has 5 nitrogen and oxygen atoms in total. The zero-order valence-corrected chi connectivity index (χ0v) is 12.6. The molecule has 116 valence electrons. The topological polar surface area (TPSA) is 74.2 Å². The number of nitrogens with one attached hydrogen (secondary N) is 2. The summed E-state index contributed by atoms with van der Waals surface area (Å²) in [5.41, 5.74) is 0.153. The average Bonchev–Trinajstić information content (AvgIpc) is 2.99. The molecule has 1 aromatic heterocycles. The maximum Gasteiger partial charge on any atom is 0.263 e. The number of aliphatic hydroxyl groups is 1. The summed E-state index contributed by atoms with van der Waals surface area (Å²) in [6.45, 7) is 4.06. The van der Waals surface area contributed by atoms with Crippen molar-refractivity contribution in [2.45, 2.75) is 6.10 Å². The highest BCUT2D eigenvalue weighted by molar-refractivity contribution is 7.17. The number of carbonyl (C=O) groups is 1. The number of carbonyl (C=O) groups excluding carboxylic acids is 1. The Morgan fingerprint density at radius 1 is 1.50 bits per heavy atom. The van der Waals surface area contributed by atoms with E-state index in [1.54, 1.807) is 18.2 Å². The number of hydrogen-bond donors (Lipinski definition) is 3. The molecule has 0 bridgehead atoms. The summed E-state index contributed by atoms with van der Waals surface area (Å²) in [7, 11) is 0. The van der Waals surface area contributed by atoms with Crippen LogP contribution in [0.15, 0.2) is 43.1 Å². The van der Waals surface area contributed by atoms with Crippen molar-refractivity contribution < 1.29 is 14.3 Å². The fourth-order valence-corrected chi connectivity index (χ4v) is 2.49. The van der Waals surface area contributed by atoms with Gasteiger partial charge < -0.3 is 15.7 Å². The van der Waals surface area contributed by atoms with Crippen molar-refractivity contribution in [1.82, 2.24) is 10.3 Å². The minimum atomic E-state index is -1.10. The van der Waals surface area contributed by atoms with Gasteiger partial charge in [-0.15, -0.1) is 6.58 Å². The van der Waals surface area contributed by atoms with Gasteiger partial charge in [-0.1, -0.05) is 35.6 Å². The van der Waals surface area contributed by atoms with E-state index in [0.717, 1.165) is 0 Å². The summed E-state index contributed by atoms with van der Waals surface area (Å²) < 4.78 is 13.5. The van der Waals surface area contributed by atoms with Crippen LogP contribution in [0.2, 0.25) is 0 Å². The maximum absolute atomic E-state index is 13.5. The van der Waals surface area contributed by atoms with Crippen molar-refractivity contribution >= 4 is 22.4 Å². The summed E-state index contributed by atoms with van der Waals surface area (Å²) in [6, 6.07) is 5.92. The Bertz CT molecular complexity index is 660. The lowest BCUT2D eigenvalue weighted by atomic mass is 10.1. The van der Waals surface area contributed by atoms with Crippen molar-refractivity contribution in [2.24, 2.45) is 0 Å². The zero-order chi connectivity index (χ0) is 15.9. The van der Waals surface area contributed by atoms with Gasteiger partial charge in [-0.2, -0.15) is 0 Å². The van der Waals surface area contributed by atoms with Crippen molar-refractivity contribution in [1.29, 1.82) is 0 Å². The fourth-order valence-electron chi connectivity index (χ4n) is 1.75. The molecule has 0 fully saturated rings. The van der Waals surface area contributed by atoms with Crippen molar-refractivity contribution in [2.75, 3.05) is 18.4 Å². The Labute approximate surface area is 131 Å². The van der Waals surface area contributed by atoms with Crippen LogP contribution < -0.4 is 10.6 Å². The Balaban J connectivity index is 1.91. The van der Waals surface area contributed by atoms with Crippen molar-refractivity contribution in [3.8, 4) is 0 Å². The van der Waals surface area contributed by atoms with Crippen LogP contribution >= 0.6 is 11.3 Å². The molecule has 0 aliphatic rings. The quantitative estimate of drug-likeness (QED) is 0.684. The van der Waals surface area contributed by atoms with Crippen LogP contribution in [-0.2, 0) is 0 Å². The molecule has 7 heteroatoms. The van der Waals surface area contributed by atoms with Gasteiger partial charge in [-0.3, -0.25) is 4.79 Å². The van der Waals surface area contributed by atoms with Gasteiger partial charge in [0.15, 0.2) is 5.13 Å². The molecule has 0 aliphatic heterocycles. The van der Waals surface area contributed by atoms with Gasteiger partial charge in [0.1, 0.15) is 10.7 Å². The Morgan fingerprint density at radius 3 is 3.00 bits per heavy atom. The maximum atomic E-state index is 13.5. The molecule has 1 unspecified atom stereocenters. The molecule has 0 saturated carbocycles. The number of aliphatic hydroxyl groups excluding tert-OH is 1. The van der Waals surface area contributed by atoms with Gasteiger partial charge in [0.05, 0.1) is 12.3 Å². The normalized spacial score (nSPS) is 11.7. The number of thiazole rings is 1. The second-order valence-corrected chi connectivity index (χ2v) is 5.48. The fraction of sp³-hybridized carbons (Fsp3) is 0.200. The first-order chi connectivity index (χ1) is 10.6. The van der Waals surface area contributed by atoms with Gasteiger partial charge in [-0.25, -0.2) is 9.37 Å². The van der Waals surface area contributed by atoms with Crippen LogP contribution in [0, 0.1) is 5.82 Å². The van der Waals surface area contributed by atoms with Gasteiger partial charge in [0.25, 0.3) is 5.91 Å². The van der Waals surface area contributed by atoms with Gasteiger partial charge >= 0.3 is 0 Å². The van der Waals surface area contributed by atoms with E-state index in [1.807, 2.05) is 0 Å². The molecule has 0 aliphatic carbocycles. The van der Waals surface area contributed by atoms with E-state index < -0.39 is 11.9 Å². The Kier molecular flexibility index (Phi) is 5.62. The van der Waals surface area contributed by atoms with E-state index in [0.29, 0.717) is 16.6 Å². The van der Waals surface area contributed by atoms with Crippen LogP contribution in [0.3, 0.4) is 0 Å². The number of anilines is 1. The predicted molar refractivity (Wildman–Crippen MR) is 84.5 cm³/mol. The molecule has 3 N–H and O–H groups in total. The lowest BCUT2D eigenvalue weighted by Crippen LogP contribution is -2.28. The Morgan fingerprint density at radius 2 is 2.27 bits per heavy atom. The molecule has 1 aromatic carbocycles. The minimum Gasteiger partial charge on any atom is -0.386 e. The monoisotopic (exact) mass is 321 g/mol. The highest BCUT2D eigenvalue weighted by Gasteiger charge is 2.15. The van der Waals surface area contributed by atoms with Gasteiger partial charge in [0.2, 0.25) is 0 Å². The van der Waals surface area contributed by atoms with Crippen molar-refractivity contribution in [3.05, 3.63) is 59.4 Å². The first-order valence-electron chi connectivity index (χ1n) is 6.63. The highest BCUT2D eigenvalue weighted by atomic mass is 32.1. The molecule has 1 heterocycles. The number of amides is 1. The van der Waals surface area contributed by atoms with E-state index in [1.165, 1.54) is 29.7 Å². The standard InChI is InChI=1S/C15H16FN3O2S/c1-2-7-17-15-19-9-13(22-15)14(21)18-8-12(20)10-5-3-4-6-11(10)16/h2-6,9,12,20H,1,7-8H2,(H,17,19)(H,18,21). The minimum absolute atomic E-state index is 0.0763. The molecule has 0 saturated heterocycles. The summed E-state index contributed by atoms with van der Waals surface area (Å²) >= 11 is 1.19. The molecule has 1 atom stereocenters. The summed E-state index contributed by atoms with van der Waals surface area (Å²) in [4.78, 5) is 16.4.